The Balaban J connectivity index is 1.78. The monoisotopic (exact) mass is 399 g/mol. The van der Waals surface area contributed by atoms with Gasteiger partial charge in [-0.15, -0.1) is 0 Å². The Labute approximate surface area is 171 Å². The first-order chi connectivity index (χ1) is 14.0. The van der Waals surface area contributed by atoms with Crippen molar-refractivity contribution in [2.75, 3.05) is 26.8 Å². The number of morpholine rings is 1. The van der Waals surface area contributed by atoms with E-state index >= 15 is 0 Å². The van der Waals surface area contributed by atoms with Gasteiger partial charge in [-0.1, -0.05) is 30.3 Å². The Hall–Kier alpha value is -2.64. The Bertz CT molecular complexity index is 879. The first-order valence-electron chi connectivity index (χ1n) is 9.92. The minimum absolute atomic E-state index is 0.00684. The summed E-state index contributed by atoms with van der Waals surface area (Å²) in [6.07, 6.45) is 1.61. The van der Waals surface area contributed by atoms with E-state index in [1.807, 2.05) is 32.0 Å². The summed E-state index contributed by atoms with van der Waals surface area (Å²) in [5.41, 5.74) is 1.74. The molecule has 1 aliphatic rings. The average Bonchev–Trinajstić information content (AvgIpc) is 2.70. The zero-order chi connectivity index (χ0) is 20.8. The fourth-order valence-corrected chi connectivity index (χ4v) is 3.50. The van der Waals surface area contributed by atoms with Crippen LogP contribution >= 0.6 is 0 Å². The van der Waals surface area contributed by atoms with Gasteiger partial charge in [0.1, 0.15) is 6.54 Å². The Kier molecular flexibility index (Phi) is 7.06. The summed E-state index contributed by atoms with van der Waals surface area (Å²) >= 11 is 0. The summed E-state index contributed by atoms with van der Waals surface area (Å²) in [6.45, 7) is 6.64. The third-order valence-corrected chi connectivity index (χ3v) is 4.87. The predicted octanol–water partition coefficient (Wildman–Crippen LogP) is 1.95. The summed E-state index contributed by atoms with van der Waals surface area (Å²) in [4.78, 5) is 26.9. The maximum Gasteiger partial charge on any atom is 0.240 e. The second-order valence-electron chi connectivity index (χ2n) is 7.55. The highest BCUT2D eigenvalue weighted by Gasteiger charge is 2.23. The van der Waals surface area contributed by atoms with Crippen LogP contribution in [0.25, 0.3) is 0 Å². The molecule has 1 aromatic heterocycles. The number of aromatic nitrogens is 1. The molecule has 1 amide bonds. The lowest BCUT2D eigenvalue weighted by atomic mass is 10.1. The molecule has 1 fully saturated rings. The molecule has 7 nitrogen and oxygen atoms in total. The lowest BCUT2D eigenvalue weighted by Crippen LogP contribution is -2.39. The Morgan fingerprint density at radius 3 is 2.76 bits per heavy atom. The van der Waals surface area contributed by atoms with E-state index < -0.39 is 0 Å². The fraction of sp³-hybridized carbons (Fsp3) is 0.455. The van der Waals surface area contributed by atoms with Crippen LogP contribution in [0.4, 0.5) is 0 Å². The number of carbonyl (C=O) groups is 1. The molecule has 1 saturated heterocycles. The van der Waals surface area contributed by atoms with Crippen molar-refractivity contribution in [3.63, 3.8) is 0 Å². The number of nitrogens with one attached hydrogen (secondary N) is 1. The molecule has 1 N–H and O–H groups in total. The van der Waals surface area contributed by atoms with Gasteiger partial charge in [0.05, 0.1) is 26.0 Å². The van der Waals surface area contributed by atoms with Crippen LogP contribution in [0.15, 0.2) is 47.4 Å². The molecule has 7 heteroatoms. The second-order valence-corrected chi connectivity index (χ2v) is 7.55. The van der Waals surface area contributed by atoms with Crippen LogP contribution in [-0.2, 0) is 22.6 Å². The highest BCUT2D eigenvalue weighted by molar-refractivity contribution is 5.76. The molecular weight excluding hydrogens is 370 g/mol. The maximum absolute atomic E-state index is 12.3. The molecule has 0 spiro atoms. The van der Waals surface area contributed by atoms with E-state index in [2.05, 4.69) is 22.3 Å². The summed E-state index contributed by atoms with van der Waals surface area (Å²) in [5.74, 6) is 0.131. The zero-order valence-electron chi connectivity index (χ0n) is 17.3. The highest BCUT2D eigenvalue weighted by atomic mass is 16.5. The van der Waals surface area contributed by atoms with Crippen LogP contribution in [0, 0.1) is 0 Å². The van der Waals surface area contributed by atoms with Gasteiger partial charge in [-0.05, 0) is 19.4 Å². The number of hydrogen-bond donors (Lipinski definition) is 1. The molecule has 3 rings (SSSR count). The molecule has 0 bridgehead atoms. The lowest BCUT2D eigenvalue weighted by molar-refractivity contribution is -0.122. The molecule has 1 atom stereocenters. The zero-order valence-corrected chi connectivity index (χ0v) is 17.3. The van der Waals surface area contributed by atoms with Gasteiger partial charge in [-0.3, -0.25) is 14.5 Å². The Morgan fingerprint density at radius 2 is 2.07 bits per heavy atom. The van der Waals surface area contributed by atoms with Crippen molar-refractivity contribution >= 4 is 5.91 Å². The summed E-state index contributed by atoms with van der Waals surface area (Å²) in [7, 11) is 1.46. The molecule has 156 valence electrons. The molecule has 1 aromatic carbocycles. The number of benzene rings is 1. The average molecular weight is 399 g/mol. The van der Waals surface area contributed by atoms with Crippen molar-refractivity contribution in [2.24, 2.45) is 0 Å². The van der Waals surface area contributed by atoms with E-state index in [0.717, 1.165) is 24.3 Å². The number of rotatable bonds is 7. The predicted molar refractivity (Wildman–Crippen MR) is 111 cm³/mol. The third kappa shape index (κ3) is 5.68. The van der Waals surface area contributed by atoms with E-state index in [-0.39, 0.29) is 35.8 Å². The maximum atomic E-state index is 12.3. The molecule has 0 aliphatic carbocycles. The quantitative estimate of drug-likeness (QED) is 0.771. The van der Waals surface area contributed by atoms with Crippen molar-refractivity contribution < 1.29 is 14.3 Å². The fourth-order valence-electron chi connectivity index (χ4n) is 3.50. The molecule has 29 heavy (non-hydrogen) atoms. The first kappa shape index (κ1) is 21.1. The van der Waals surface area contributed by atoms with E-state index in [1.165, 1.54) is 7.11 Å². The number of carbonyl (C=O) groups excluding carboxylic acids is 1. The van der Waals surface area contributed by atoms with Crippen LogP contribution < -0.4 is 15.5 Å². The molecular formula is C22H29N3O4. The molecule has 1 unspecified atom stereocenters. The van der Waals surface area contributed by atoms with Crippen LogP contribution in [-0.4, -0.2) is 48.2 Å². The molecule has 1 aliphatic heterocycles. The standard InChI is InChI=1S/C22H29N3O4/c1-16(2)23-22(27)15-25-14-21(28-3)19(26)11-18(25)12-24-9-10-29-20(13-24)17-7-5-4-6-8-17/h4-8,11,14,16,20H,9-10,12-13,15H2,1-3H3,(H,23,27). The van der Waals surface area contributed by atoms with Gasteiger partial charge in [0, 0.05) is 37.4 Å². The van der Waals surface area contributed by atoms with Gasteiger partial charge in [0.15, 0.2) is 5.75 Å². The van der Waals surface area contributed by atoms with E-state index in [4.69, 9.17) is 9.47 Å². The van der Waals surface area contributed by atoms with Gasteiger partial charge in [0.25, 0.3) is 0 Å². The molecule has 2 heterocycles. The van der Waals surface area contributed by atoms with E-state index in [9.17, 15) is 9.59 Å². The smallest absolute Gasteiger partial charge is 0.240 e. The SMILES string of the molecule is COc1cn(CC(=O)NC(C)C)c(CN2CCOC(c3ccccc3)C2)cc1=O. The normalized spacial score (nSPS) is 17.3. The molecule has 0 radical (unpaired) electrons. The van der Waals surface area contributed by atoms with E-state index in [1.54, 1.807) is 16.8 Å². The van der Waals surface area contributed by atoms with Gasteiger partial charge in [-0.25, -0.2) is 0 Å². The number of amides is 1. The number of ether oxygens (including phenoxy) is 2. The number of pyridine rings is 1. The highest BCUT2D eigenvalue weighted by Crippen LogP contribution is 2.23. The summed E-state index contributed by atoms with van der Waals surface area (Å²) in [6, 6.07) is 11.7. The minimum atomic E-state index is -0.184. The van der Waals surface area contributed by atoms with Crippen LogP contribution in [0.5, 0.6) is 5.75 Å². The van der Waals surface area contributed by atoms with Crippen LogP contribution in [0.2, 0.25) is 0 Å². The van der Waals surface area contributed by atoms with Gasteiger partial charge in [0.2, 0.25) is 11.3 Å². The summed E-state index contributed by atoms with van der Waals surface area (Å²) < 4.78 is 12.9. The van der Waals surface area contributed by atoms with Crippen molar-refractivity contribution in [3.8, 4) is 5.75 Å². The van der Waals surface area contributed by atoms with E-state index in [0.29, 0.717) is 13.2 Å². The summed E-state index contributed by atoms with van der Waals surface area (Å²) in [5, 5.41) is 2.89. The largest absolute Gasteiger partial charge is 0.491 e. The van der Waals surface area contributed by atoms with Crippen molar-refractivity contribution in [2.45, 2.75) is 39.1 Å². The topological polar surface area (TPSA) is 72.8 Å². The number of methoxy groups -OCH3 is 1. The van der Waals surface area contributed by atoms with Crippen LogP contribution in [0.1, 0.15) is 31.2 Å². The number of nitrogens with zero attached hydrogens (tertiary/aromatic N) is 2. The lowest BCUT2D eigenvalue weighted by Gasteiger charge is -2.33. The van der Waals surface area contributed by atoms with Gasteiger partial charge >= 0.3 is 0 Å². The minimum Gasteiger partial charge on any atom is -0.491 e. The molecule has 0 saturated carbocycles. The first-order valence-corrected chi connectivity index (χ1v) is 9.92. The number of hydrogen-bond acceptors (Lipinski definition) is 5. The Morgan fingerprint density at radius 1 is 1.31 bits per heavy atom. The van der Waals surface area contributed by atoms with Crippen molar-refractivity contribution in [1.82, 2.24) is 14.8 Å². The van der Waals surface area contributed by atoms with Gasteiger partial charge < -0.3 is 19.4 Å². The van der Waals surface area contributed by atoms with Crippen LogP contribution in [0.3, 0.4) is 0 Å². The van der Waals surface area contributed by atoms with Gasteiger partial charge in [-0.2, -0.15) is 0 Å². The molecule has 2 aromatic rings. The third-order valence-electron chi connectivity index (χ3n) is 4.87. The second kappa shape index (κ2) is 9.71. The van der Waals surface area contributed by atoms with Crippen molar-refractivity contribution in [1.29, 1.82) is 0 Å². The van der Waals surface area contributed by atoms with Crippen molar-refractivity contribution in [3.05, 3.63) is 64.1 Å².